The van der Waals surface area contributed by atoms with Gasteiger partial charge in [0.1, 0.15) is 5.75 Å². The molecule has 0 aliphatic heterocycles. The van der Waals surface area contributed by atoms with Gasteiger partial charge in [-0.1, -0.05) is 41.1 Å². The van der Waals surface area contributed by atoms with Crippen molar-refractivity contribution >= 4 is 34.0 Å². The van der Waals surface area contributed by atoms with Crippen LogP contribution >= 0.6 is 15.9 Å². The van der Waals surface area contributed by atoms with Crippen LogP contribution in [0.3, 0.4) is 0 Å². The molecule has 0 bridgehead atoms. The first-order valence-electron chi connectivity index (χ1n) is 7.49. The average Bonchev–Trinajstić information content (AvgIpc) is 2.58. The molecule has 0 fully saturated rings. The summed E-state index contributed by atoms with van der Waals surface area (Å²) in [5.74, 6) is -0.219. The molecule has 0 aromatic heterocycles. The number of nitrogens with one attached hydrogen (secondary N) is 1. The highest BCUT2D eigenvalue weighted by Gasteiger charge is 2.08. The van der Waals surface area contributed by atoms with E-state index in [0.717, 1.165) is 4.47 Å². The number of hydrogen-bond acceptors (Lipinski definition) is 4. The fourth-order valence-corrected chi connectivity index (χ4v) is 2.28. The van der Waals surface area contributed by atoms with E-state index in [1.54, 1.807) is 42.5 Å². The molecule has 0 spiro atoms. The molecule has 124 valence electrons. The van der Waals surface area contributed by atoms with Crippen LogP contribution in [0.5, 0.6) is 5.75 Å². The van der Waals surface area contributed by atoms with Gasteiger partial charge in [-0.15, -0.1) is 0 Å². The zero-order valence-electron chi connectivity index (χ0n) is 13.2. The maximum atomic E-state index is 11.9. The maximum absolute atomic E-state index is 11.9. The Labute approximate surface area is 148 Å². The zero-order valence-corrected chi connectivity index (χ0v) is 14.7. The quantitative estimate of drug-likeness (QED) is 0.353. The highest BCUT2D eigenvalue weighted by Crippen LogP contribution is 2.22. The van der Waals surface area contributed by atoms with Gasteiger partial charge in [0.15, 0.2) is 0 Å². The van der Waals surface area contributed by atoms with Crippen LogP contribution < -0.4 is 10.2 Å². The topological polar surface area (TPSA) is 67.8 Å². The third-order valence-electron chi connectivity index (χ3n) is 3.06. The second-order valence-corrected chi connectivity index (χ2v) is 5.89. The number of esters is 1. The van der Waals surface area contributed by atoms with Gasteiger partial charge in [-0.2, -0.15) is 5.10 Å². The zero-order chi connectivity index (χ0) is 17.4. The number of ether oxygens (including phenoxy) is 1. The van der Waals surface area contributed by atoms with Crippen LogP contribution in [-0.4, -0.2) is 18.1 Å². The second kappa shape index (κ2) is 8.98. The highest BCUT2D eigenvalue weighted by atomic mass is 79.9. The van der Waals surface area contributed by atoms with Crippen molar-refractivity contribution in [1.82, 2.24) is 5.43 Å². The number of carbonyl (C=O) groups excluding carboxylic acids is 2. The van der Waals surface area contributed by atoms with E-state index >= 15 is 0 Å². The van der Waals surface area contributed by atoms with E-state index < -0.39 is 0 Å². The summed E-state index contributed by atoms with van der Waals surface area (Å²) in [4.78, 5) is 23.6. The van der Waals surface area contributed by atoms with E-state index in [1.165, 1.54) is 6.21 Å². The maximum Gasteiger partial charge on any atom is 0.311 e. The summed E-state index contributed by atoms with van der Waals surface area (Å²) in [7, 11) is 0. The molecule has 1 amide bonds. The van der Waals surface area contributed by atoms with Gasteiger partial charge in [0.05, 0.1) is 6.21 Å². The normalized spacial score (nSPS) is 10.6. The first kappa shape index (κ1) is 17.9. The van der Waals surface area contributed by atoms with Crippen LogP contribution in [0.25, 0.3) is 0 Å². The van der Waals surface area contributed by atoms with Crippen molar-refractivity contribution in [3.63, 3.8) is 0 Å². The molecule has 1 N–H and O–H groups in total. The minimum atomic E-state index is -0.314. The number of rotatable bonds is 6. The molecule has 2 rings (SSSR count). The Balaban J connectivity index is 2.09. The number of hydrazone groups is 1. The van der Waals surface area contributed by atoms with Gasteiger partial charge in [0.2, 0.25) is 0 Å². The van der Waals surface area contributed by atoms with Crippen LogP contribution in [0.2, 0.25) is 0 Å². The molecular formula is C18H17BrN2O3. The molecule has 0 unspecified atom stereocenters. The van der Waals surface area contributed by atoms with Gasteiger partial charge in [-0.3, -0.25) is 9.59 Å². The highest BCUT2D eigenvalue weighted by molar-refractivity contribution is 9.10. The van der Waals surface area contributed by atoms with E-state index in [4.69, 9.17) is 4.74 Å². The fourth-order valence-electron chi connectivity index (χ4n) is 1.91. The summed E-state index contributed by atoms with van der Waals surface area (Å²) in [5.41, 5.74) is 3.55. The number of carbonyl (C=O) groups is 2. The Morgan fingerprint density at radius 3 is 2.67 bits per heavy atom. The van der Waals surface area contributed by atoms with Gasteiger partial charge in [0, 0.05) is 22.0 Å². The van der Waals surface area contributed by atoms with E-state index in [-0.39, 0.29) is 11.9 Å². The van der Waals surface area contributed by atoms with Crippen LogP contribution in [0.1, 0.15) is 35.7 Å². The smallest absolute Gasteiger partial charge is 0.311 e. The van der Waals surface area contributed by atoms with E-state index in [9.17, 15) is 9.59 Å². The molecule has 0 heterocycles. The minimum absolute atomic E-state index is 0.303. The fraction of sp³-hybridized carbons (Fsp3) is 0.167. The van der Waals surface area contributed by atoms with Crippen LogP contribution in [0.15, 0.2) is 58.1 Å². The lowest BCUT2D eigenvalue weighted by molar-refractivity contribution is -0.134. The Hall–Kier alpha value is -2.47. The Morgan fingerprint density at radius 1 is 1.21 bits per heavy atom. The SMILES string of the molecule is CCCC(=O)Oc1ccc(Br)cc1/C=N\NC(=O)c1ccccc1. The van der Waals surface area contributed by atoms with Crippen molar-refractivity contribution in [3.8, 4) is 5.75 Å². The van der Waals surface area contributed by atoms with Crippen molar-refractivity contribution in [1.29, 1.82) is 0 Å². The van der Waals surface area contributed by atoms with Crippen LogP contribution in [-0.2, 0) is 4.79 Å². The molecule has 5 nitrogen and oxygen atoms in total. The summed E-state index contributed by atoms with van der Waals surface area (Å²) in [6.45, 7) is 1.91. The Bertz CT molecular complexity index is 745. The van der Waals surface area contributed by atoms with Gasteiger partial charge in [-0.25, -0.2) is 5.43 Å². The van der Waals surface area contributed by atoms with E-state index in [0.29, 0.717) is 29.7 Å². The van der Waals surface area contributed by atoms with Gasteiger partial charge < -0.3 is 4.74 Å². The monoisotopic (exact) mass is 388 g/mol. The second-order valence-electron chi connectivity index (χ2n) is 4.97. The largest absolute Gasteiger partial charge is 0.426 e. The Kier molecular flexibility index (Phi) is 6.69. The number of hydrogen-bond donors (Lipinski definition) is 1. The molecule has 0 saturated heterocycles. The summed E-state index contributed by atoms with van der Waals surface area (Å²) >= 11 is 3.36. The van der Waals surface area contributed by atoms with Gasteiger partial charge in [0.25, 0.3) is 5.91 Å². The van der Waals surface area contributed by atoms with Crippen LogP contribution in [0, 0.1) is 0 Å². The third kappa shape index (κ3) is 5.31. The lowest BCUT2D eigenvalue weighted by Gasteiger charge is -2.07. The number of amides is 1. The molecule has 2 aromatic carbocycles. The summed E-state index contributed by atoms with van der Waals surface area (Å²) < 4.78 is 6.13. The first-order valence-corrected chi connectivity index (χ1v) is 8.28. The van der Waals surface area contributed by atoms with Crippen molar-refractivity contribution in [2.45, 2.75) is 19.8 Å². The molecule has 2 aromatic rings. The number of halogens is 1. The molecule has 0 atom stereocenters. The third-order valence-corrected chi connectivity index (χ3v) is 3.55. The molecule has 24 heavy (non-hydrogen) atoms. The van der Waals surface area contributed by atoms with Crippen molar-refractivity contribution in [3.05, 3.63) is 64.1 Å². The number of nitrogens with zero attached hydrogens (tertiary/aromatic N) is 1. The minimum Gasteiger partial charge on any atom is -0.426 e. The molecular weight excluding hydrogens is 372 g/mol. The van der Waals surface area contributed by atoms with E-state index in [2.05, 4.69) is 26.5 Å². The average molecular weight is 389 g/mol. The number of benzene rings is 2. The summed E-state index contributed by atoms with van der Waals surface area (Å²) in [6.07, 6.45) is 2.50. The van der Waals surface area contributed by atoms with E-state index in [1.807, 2.05) is 13.0 Å². The first-order chi connectivity index (χ1) is 11.6. The van der Waals surface area contributed by atoms with Gasteiger partial charge >= 0.3 is 5.97 Å². The predicted molar refractivity (Wildman–Crippen MR) is 96.2 cm³/mol. The van der Waals surface area contributed by atoms with Crippen LogP contribution in [0.4, 0.5) is 0 Å². The molecule has 0 aliphatic rings. The molecule has 6 heteroatoms. The summed E-state index contributed by atoms with van der Waals surface area (Å²) in [5, 5.41) is 3.94. The Morgan fingerprint density at radius 2 is 1.96 bits per heavy atom. The van der Waals surface area contributed by atoms with Crippen molar-refractivity contribution in [2.75, 3.05) is 0 Å². The summed E-state index contributed by atoms with van der Waals surface area (Å²) in [6, 6.07) is 14.0. The lowest BCUT2D eigenvalue weighted by atomic mass is 10.2. The van der Waals surface area contributed by atoms with Crippen molar-refractivity contribution < 1.29 is 14.3 Å². The molecule has 0 radical (unpaired) electrons. The van der Waals surface area contributed by atoms with Gasteiger partial charge in [-0.05, 0) is 36.8 Å². The standard InChI is InChI=1S/C18H17BrN2O3/c1-2-6-17(22)24-16-10-9-15(19)11-14(16)12-20-21-18(23)13-7-4-3-5-8-13/h3-5,7-12H,2,6H2,1H3,(H,21,23)/b20-12-. The lowest BCUT2D eigenvalue weighted by Crippen LogP contribution is -2.17. The van der Waals surface area contributed by atoms with Crippen molar-refractivity contribution in [2.24, 2.45) is 5.10 Å². The molecule has 0 saturated carbocycles. The molecule has 0 aliphatic carbocycles. The predicted octanol–water partition coefficient (Wildman–Crippen LogP) is 3.92.